The lowest BCUT2D eigenvalue weighted by molar-refractivity contribution is -0.130. The van der Waals surface area contributed by atoms with Crippen LogP contribution in [0.2, 0.25) is 0 Å². The minimum absolute atomic E-state index is 0.115. The van der Waals surface area contributed by atoms with E-state index >= 15 is 0 Å². The van der Waals surface area contributed by atoms with Crippen molar-refractivity contribution in [2.24, 2.45) is 5.73 Å². The second-order valence-electron chi connectivity index (χ2n) is 4.26. The van der Waals surface area contributed by atoms with Gasteiger partial charge >= 0.3 is 0 Å². The average molecular weight is 239 g/mol. The molecule has 0 atom stereocenters. The van der Waals surface area contributed by atoms with E-state index in [1.54, 1.807) is 17.4 Å². The van der Waals surface area contributed by atoms with Gasteiger partial charge in [0.25, 0.3) is 0 Å². The summed E-state index contributed by atoms with van der Waals surface area (Å²) in [6.45, 7) is 2.45. The Morgan fingerprint density at radius 2 is 2.24 bits per heavy atom. The van der Waals surface area contributed by atoms with E-state index in [9.17, 15) is 4.79 Å². The van der Waals surface area contributed by atoms with Crippen molar-refractivity contribution in [2.75, 3.05) is 33.7 Å². The maximum atomic E-state index is 11.8. The standard InChI is InChI=1S/C12H21N3O2/c1-14(8-11-4-7-17-10-11)9-12(16)15(2)6-3-5-13/h4,7,10H,3,5-6,8-9,13H2,1-2H3. The fourth-order valence-electron chi connectivity index (χ4n) is 1.55. The fourth-order valence-corrected chi connectivity index (χ4v) is 1.55. The highest BCUT2D eigenvalue weighted by Crippen LogP contribution is 2.03. The van der Waals surface area contributed by atoms with Crippen LogP contribution in [0.3, 0.4) is 0 Å². The number of hydrogen-bond donors (Lipinski definition) is 1. The molecule has 0 fully saturated rings. The summed E-state index contributed by atoms with van der Waals surface area (Å²) in [4.78, 5) is 15.5. The van der Waals surface area contributed by atoms with Crippen molar-refractivity contribution < 1.29 is 9.21 Å². The summed E-state index contributed by atoms with van der Waals surface area (Å²) in [7, 11) is 3.73. The lowest BCUT2D eigenvalue weighted by atomic mass is 10.3. The molecule has 0 spiro atoms. The van der Waals surface area contributed by atoms with Crippen molar-refractivity contribution in [1.82, 2.24) is 9.80 Å². The van der Waals surface area contributed by atoms with Gasteiger partial charge in [-0.05, 0) is 26.1 Å². The highest BCUT2D eigenvalue weighted by Gasteiger charge is 2.11. The molecule has 1 aromatic rings. The highest BCUT2D eigenvalue weighted by molar-refractivity contribution is 5.77. The molecule has 0 aliphatic rings. The zero-order valence-electron chi connectivity index (χ0n) is 10.6. The zero-order valence-corrected chi connectivity index (χ0v) is 10.6. The van der Waals surface area contributed by atoms with E-state index in [0.29, 0.717) is 19.6 Å². The summed E-state index contributed by atoms with van der Waals surface area (Å²) < 4.78 is 4.99. The minimum Gasteiger partial charge on any atom is -0.472 e. The highest BCUT2D eigenvalue weighted by atomic mass is 16.3. The van der Waals surface area contributed by atoms with E-state index in [1.807, 2.05) is 25.1 Å². The number of nitrogens with two attached hydrogens (primary N) is 1. The van der Waals surface area contributed by atoms with Crippen LogP contribution < -0.4 is 5.73 Å². The number of furan rings is 1. The molecule has 0 unspecified atom stereocenters. The van der Waals surface area contributed by atoms with Gasteiger partial charge in [0.05, 0.1) is 19.1 Å². The third kappa shape index (κ3) is 5.01. The van der Waals surface area contributed by atoms with Crippen molar-refractivity contribution in [3.8, 4) is 0 Å². The van der Waals surface area contributed by atoms with E-state index in [0.717, 1.165) is 18.5 Å². The Labute approximate surface area is 102 Å². The quantitative estimate of drug-likeness (QED) is 0.753. The van der Waals surface area contributed by atoms with Crippen LogP contribution in [0.15, 0.2) is 23.0 Å². The summed E-state index contributed by atoms with van der Waals surface area (Å²) >= 11 is 0. The molecule has 17 heavy (non-hydrogen) atoms. The second kappa shape index (κ2) is 7.09. The fraction of sp³-hybridized carbons (Fsp3) is 0.583. The predicted octanol–water partition coefficient (Wildman–Crippen LogP) is 0.519. The van der Waals surface area contributed by atoms with Crippen LogP contribution in [0, 0.1) is 0 Å². The van der Waals surface area contributed by atoms with Crippen LogP contribution >= 0.6 is 0 Å². The van der Waals surface area contributed by atoms with Gasteiger partial charge in [0.1, 0.15) is 0 Å². The lowest BCUT2D eigenvalue weighted by Gasteiger charge is -2.21. The summed E-state index contributed by atoms with van der Waals surface area (Å²) in [6.07, 6.45) is 4.17. The maximum Gasteiger partial charge on any atom is 0.236 e. The van der Waals surface area contributed by atoms with E-state index in [-0.39, 0.29) is 5.91 Å². The Hall–Kier alpha value is -1.33. The summed E-state index contributed by atoms with van der Waals surface area (Å²) in [5, 5.41) is 0. The van der Waals surface area contributed by atoms with E-state index in [4.69, 9.17) is 10.2 Å². The minimum atomic E-state index is 0.115. The van der Waals surface area contributed by atoms with Crippen LogP contribution in [0.4, 0.5) is 0 Å². The van der Waals surface area contributed by atoms with Crippen LogP contribution in [-0.4, -0.2) is 49.4 Å². The van der Waals surface area contributed by atoms with E-state index in [1.165, 1.54) is 0 Å². The summed E-state index contributed by atoms with van der Waals surface area (Å²) in [5.74, 6) is 0.115. The number of hydrogen-bond acceptors (Lipinski definition) is 4. The monoisotopic (exact) mass is 239 g/mol. The lowest BCUT2D eigenvalue weighted by Crippen LogP contribution is -2.37. The normalized spacial score (nSPS) is 10.8. The average Bonchev–Trinajstić information content (AvgIpc) is 2.78. The molecule has 0 radical (unpaired) electrons. The van der Waals surface area contributed by atoms with Crippen LogP contribution in [0.1, 0.15) is 12.0 Å². The Morgan fingerprint density at radius 3 is 2.82 bits per heavy atom. The third-order valence-electron chi connectivity index (χ3n) is 2.56. The summed E-state index contributed by atoms with van der Waals surface area (Å²) in [5.41, 5.74) is 6.48. The molecule has 0 aliphatic carbocycles. The Morgan fingerprint density at radius 1 is 1.47 bits per heavy atom. The van der Waals surface area contributed by atoms with Crippen molar-refractivity contribution >= 4 is 5.91 Å². The van der Waals surface area contributed by atoms with Crippen LogP contribution in [0.25, 0.3) is 0 Å². The number of likely N-dealkylation sites (N-methyl/N-ethyl adjacent to an activating group) is 2. The molecular formula is C12H21N3O2. The van der Waals surface area contributed by atoms with E-state index < -0.39 is 0 Å². The largest absolute Gasteiger partial charge is 0.472 e. The van der Waals surface area contributed by atoms with Gasteiger partial charge in [-0.25, -0.2) is 0 Å². The number of carbonyl (C=O) groups excluding carboxylic acids is 1. The van der Waals surface area contributed by atoms with Gasteiger partial charge < -0.3 is 15.1 Å². The molecule has 0 saturated heterocycles. The molecule has 1 amide bonds. The molecule has 0 saturated carbocycles. The maximum absolute atomic E-state index is 11.8. The number of nitrogens with zero attached hydrogens (tertiary/aromatic N) is 2. The first kappa shape index (κ1) is 13.7. The smallest absolute Gasteiger partial charge is 0.236 e. The van der Waals surface area contributed by atoms with Crippen molar-refractivity contribution in [1.29, 1.82) is 0 Å². The number of rotatable bonds is 7. The Balaban J connectivity index is 2.30. The van der Waals surface area contributed by atoms with Gasteiger partial charge in [-0.1, -0.05) is 0 Å². The first-order chi connectivity index (χ1) is 8.13. The van der Waals surface area contributed by atoms with Gasteiger partial charge in [0.15, 0.2) is 0 Å². The van der Waals surface area contributed by atoms with E-state index in [2.05, 4.69) is 0 Å². The Kier molecular flexibility index (Phi) is 5.72. The molecule has 0 aromatic carbocycles. The third-order valence-corrected chi connectivity index (χ3v) is 2.56. The molecule has 1 aromatic heterocycles. The van der Waals surface area contributed by atoms with Gasteiger partial charge in [0.2, 0.25) is 5.91 Å². The van der Waals surface area contributed by atoms with Gasteiger partial charge in [-0.3, -0.25) is 9.69 Å². The number of amides is 1. The molecule has 0 aliphatic heterocycles. The first-order valence-corrected chi connectivity index (χ1v) is 5.77. The number of carbonyl (C=O) groups is 1. The topological polar surface area (TPSA) is 62.7 Å². The molecule has 96 valence electrons. The van der Waals surface area contributed by atoms with Crippen LogP contribution in [-0.2, 0) is 11.3 Å². The molecular weight excluding hydrogens is 218 g/mol. The van der Waals surface area contributed by atoms with Crippen molar-refractivity contribution in [3.05, 3.63) is 24.2 Å². The molecule has 5 nitrogen and oxygen atoms in total. The Bertz CT molecular complexity index is 325. The SMILES string of the molecule is CN(CC(=O)N(C)CCCN)Cc1ccoc1. The van der Waals surface area contributed by atoms with Gasteiger partial charge in [-0.15, -0.1) is 0 Å². The van der Waals surface area contributed by atoms with Crippen molar-refractivity contribution in [2.45, 2.75) is 13.0 Å². The van der Waals surface area contributed by atoms with Gasteiger partial charge in [0, 0.05) is 25.7 Å². The zero-order chi connectivity index (χ0) is 12.7. The van der Waals surface area contributed by atoms with Crippen LogP contribution in [0.5, 0.6) is 0 Å². The molecule has 1 rings (SSSR count). The first-order valence-electron chi connectivity index (χ1n) is 5.77. The molecule has 0 bridgehead atoms. The van der Waals surface area contributed by atoms with Gasteiger partial charge in [-0.2, -0.15) is 0 Å². The second-order valence-corrected chi connectivity index (χ2v) is 4.26. The van der Waals surface area contributed by atoms with Crippen molar-refractivity contribution in [3.63, 3.8) is 0 Å². The molecule has 1 heterocycles. The molecule has 5 heteroatoms. The molecule has 2 N–H and O–H groups in total. The predicted molar refractivity (Wildman–Crippen MR) is 66.4 cm³/mol. The summed E-state index contributed by atoms with van der Waals surface area (Å²) in [6, 6.07) is 1.90.